The van der Waals surface area contributed by atoms with Gasteiger partial charge in [0.05, 0.1) is 17.5 Å². The summed E-state index contributed by atoms with van der Waals surface area (Å²) in [6, 6.07) is 3.80. The lowest BCUT2D eigenvalue weighted by Crippen LogP contribution is -2.06. The van der Waals surface area contributed by atoms with Crippen LogP contribution in [-0.2, 0) is 12.4 Å². The molecule has 0 fully saturated rings. The number of pyridine rings is 2. The number of hydrogen-bond donors (Lipinski definition) is 1. The number of alkyl halides is 6. The van der Waals surface area contributed by atoms with Gasteiger partial charge in [-0.25, -0.2) is 15.0 Å². The van der Waals surface area contributed by atoms with Crippen LogP contribution in [0.2, 0.25) is 0 Å². The number of anilines is 1. The highest BCUT2D eigenvalue weighted by Gasteiger charge is 2.31. The van der Waals surface area contributed by atoms with Crippen LogP contribution in [0.1, 0.15) is 11.1 Å². The van der Waals surface area contributed by atoms with Crippen LogP contribution >= 0.6 is 0 Å². The van der Waals surface area contributed by atoms with Crippen LogP contribution in [0.4, 0.5) is 38.0 Å². The van der Waals surface area contributed by atoms with Crippen molar-refractivity contribution in [3.8, 4) is 0 Å². The maximum absolute atomic E-state index is 12.3. The first-order valence-corrected chi connectivity index (χ1v) is 6.02. The Morgan fingerprint density at radius 1 is 0.826 bits per heavy atom. The fraction of sp³-hybridized carbons (Fsp3) is 0.154. The smallest absolute Gasteiger partial charge is 0.331 e. The molecule has 4 nitrogen and oxygen atoms in total. The highest BCUT2D eigenvalue weighted by molar-refractivity contribution is 5.75. The fourth-order valence-electron chi connectivity index (χ4n) is 1.44. The third kappa shape index (κ3) is 4.66. The van der Waals surface area contributed by atoms with Gasteiger partial charge in [0.2, 0.25) is 0 Å². The second kappa shape index (κ2) is 6.23. The minimum absolute atomic E-state index is 0.00240. The highest BCUT2D eigenvalue weighted by atomic mass is 19.4. The van der Waals surface area contributed by atoms with Gasteiger partial charge in [-0.1, -0.05) is 0 Å². The molecular formula is C13H8F6N4. The van der Waals surface area contributed by atoms with E-state index in [9.17, 15) is 26.3 Å². The highest BCUT2D eigenvalue weighted by Crippen LogP contribution is 2.29. The van der Waals surface area contributed by atoms with Crippen LogP contribution in [0.25, 0.3) is 0 Å². The molecule has 0 radical (unpaired) electrons. The molecule has 0 unspecified atom stereocenters. The van der Waals surface area contributed by atoms with E-state index < -0.39 is 23.5 Å². The summed E-state index contributed by atoms with van der Waals surface area (Å²) >= 11 is 0. The summed E-state index contributed by atoms with van der Waals surface area (Å²) in [6.07, 6.45) is -6.64. The van der Waals surface area contributed by atoms with Crippen molar-refractivity contribution in [1.29, 1.82) is 0 Å². The van der Waals surface area contributed by atoms with Gasteiger partial charge in [0, 0.05) is 12.4 Å². The molecule has 0 saturated carbocycles. The Balaban J connectivity index is 1.99. The molecule has 1 N–H and O–H groups in total. The Hall–Kier alpha value is -2.65. The maximum atomic E-state index is 12.3. The molecular weight excluding hydrogens is 326 g/mol. The van der Waals surface area contributed by atoms with E-state index in [1.54, 1.807) is 0 Å². The number of aromatic nitrogens is 2. The molecule has 23 heavy (non-hydrogen) atoms. The predicted molar refractivity (Wildman–Crippen MR) is 70.3 cm³/mol. The summed E-state index contributed by atoms with van der Waals surface area (Å²) in [5.41, 5.74) is -1.81. The first-order chi connectivity index (χ1) is 10.7. The van der Waals surface area contributed by atoms with E-state index in [1.807, 2.05) is 0 Å². The standard InChI is InChI=1S/C13H8F6N4/c14-12(15,16)8-1-3-10(20-5-8)22-7-23-11-4-2-9(6-21-11)13(17,18)19/h1-7H,(H,20,21,22,23). The Morgan fingerprint density at radius 2 is 1.39 bits per heavy atom. The third-order valence-electron chi connectivity index (χ3n) is 2.58. The monoisotopic (exact) mass is 334 g/mol. The Kier molecular flexibility index (Phi) is 4.52. The fourth-order valence-corrected chi connectivity index (χ4v) is 1.44. The van der Waals surface area contributed by atoms with E-state index >= 15 is 0 Å². The van der Waals surface area contributed by atoms with Gasteiger partial charge in [0.15, 0.2) is 5.82 Å². The van der Waals surface area contributed by atoms with Crippen molar-refractivity contribution in [3.05, 3.63) is 47.8 Å². The number of aliphatic imine (C=N–C) groups is 1. The van der Waals surface area contributed by atoms with Crippen molar-refractivity contribution in [2.24, 2.45) is 4.99 Å². The molecule has 0 saturated heterocycles. The lowest BCUT2D eigenvalue weighted by Gasteiger charge is -2.06. The second-order valence-electron chi connectivity index (χ2n) is 4.24. The summed E-state index contributed by atoms with van der Waals surface area (Å²) in [6.45, 7) is 0. The van der Waals surface area contributed by atoms with Crippen LogP contribution in [0.3, 0.4) is 0 Å². The van der Waals surface area contributed by atoms with E-state index in [0.29, 0.717) is 12.4 Å². The molecule has 0 aromatic carbocycles. The molecule has 122 valence electrons. The quantitative estimate of drug-likeness (QED) is 0.518. The Labute approximate surface area is 125 Å². The topological polar surface area (TPSA) is 50.2 Å². The van der Waals surface area contributed by atoms with Gasteiger partial charge in [-0.3, -0.25) is 0 Å². The molecule has 0 amide bonds. The molecule has 10 heteroatoms. The lowest BCUT2D eigenvalue weighted by atomic mass is 10.3. The van der Waals surface area contributed by atoms with Crippen LogP contribution in [0.15, 0.2) is 41.7 Å². The first kappa shape index (κ1) is 16.7. The molecule has 2 heterocycles. The van der Waals surface area contributed by atoms with Gasteiger partial charge in [-0.05, 0) is 24.3 Å². The first-order valence-electron chi connectivity index (χ1n) is 6.02. The molecule has 0 spiro atoms. The number of nitrogens with zero attached hydrogens (tertiary/aromatic N) is 3. The van der Waals surface area contributed by atoms with E-state index in [4.69, 9.17) is 0 Å². The summed E-state index contributed by atoms with van der Waals surface area (Å²) in [4.78, 5) is 10.7. The van der Waals surface area contributed by atoms with E-state index in [2.05, 4.69) is 20.3 Å². The van der Waals surface area contributed by atoms with Crippen molar-refractivity contribution >= 4 is 18.0 Å². The molecule has 0 aliphatic rings. The van der Waals surface area contributed by atoms with Gasteiger partial charge in [-0.15, -0.1) is 0 Å². The molecule has 0 aliphatic heterocycles. The zero-order valence-corrected chi connectivity index (χ0v) is 11.2. The van der Waals surface area contributed by atoms with Crippen molar-refractivity contribution in [1.82, 2.24) is 9.97 Å². The minimum Gasteiger partial charge on any atom is -0.331 e. The van der Waals surface area contributed by atoms with Crippen molar-refractivity contribution < 1.29 is 26.3 Å². The van der Waals surface area contributed by atoms with Gasteiger partial charge < -0.3 is 5.32 Å². The van der Waals surface area contributed by atoms with Crippen molar-refractivity contribution in [2.45, 2.75) is 12.4 Å². The van der Waals surface area contributed by atoms with Crippen LogP contribution in [-0.4, -0.2) is 16.3 Å². The largest absolute Gasteiger partial charge is 0.417 e. The molecule has 2 aromatic heterocycles. The van der Waals surface area contributed by atoms with Crippen molar-refractivity contribution in [3.63, 3.8) is 0 Å². The van der Waals surface area contributed by atoms with Crippen molar-refractivity contribution in [2.75, 3.05) is 5.32 Å². The van der Waals surface area contributed by atoms with Crippen LogP contribution < -0.4 is 5.32 Å². The van der Waals surface area contributed by atoms with Gasteiger partial charge in [0.25, 0.3) is 0 Å². The van der Waals surface area contributed by atoms with Gasteiger partial charge in [-0.2, -0.15) is 26.3 Å². The Morgan fingerprint density at radius 3 is 1.83 bits per heavy atom. The van der Waals surface area contributed by atoms with Crippen LogP contribution in [0.5, 0.6) is 0 Å². The lowest BCUT2D eigenvalue weighted by molar-refractivity contribution is -0.138. The third-order valence-corrected chi connectivity index (χ3v) is 2.58. The van der Waals surface area contributed by atoms with E-state index in [1.165, 1.54) is 0 Å². The van der Waals surface area contributed by atoms with E-state index in [-0.39, 0.29) is 11.6 Å². The van der Waals surface area contributed by atoms with Crippen LogP contribution in [0, 0.1) is 0 Å². The zero-order valence-electron chi connectivity index (χ0n) is 11.2. The molecule has 0 bridgehead atoms. The molecule has 2 aromatic rings. The minimum atomic E-state index is -4.49. The molecule has 2 rings (SSSR count). The summed E-state index contributed by atoms with van der Waals surface area (Å²) in [5, 5.41) is 2.48. The number of halogens is 6. The predicted octanol–water partition coefficient (Wildman–Crippen LogP) is 4.29. The SMILES string of the molecule is FC(F)(F)c1ccc(N=CNc2ccc(C(F)(F)F)cn2)nc1. The number of hydrogen-bond acceptors (Lipinski definition) is 3. The molecule has 0 atom stereocenters. The van der Waals surface area contributed by atoms with Gasteiger partial charge >= 0.3 is 12.4 Å². The number of rotatable bonds is 3. The average molecular weight is 334 g/mol. The molecule has 0 aliphatic carbocycles. The summed E-state index contributed by atoms with van der Waals surface area (Å²) in [5.74, 6) is 0.0890. The summed E-state index contributed by atoms with van der Waals surface area (Å²) < 4.78 is 74.0. The van der Waals surface area contributed by atoms with E-state index in [0.717, 1.165) is 30.6 Å². The Bertz CT molecular complexity index is 674. The number of nitrogens with one attached hydrogen (secondary N) is 1. The second-order valence-corrected chi connectivity index (χ2v) is 4.24. The summed E-state index contributed by atoms with van der Waals surface area (Å²) in [7, 11) is 0. The maximum Gasteiger partial charge on any atom is 0.417 e. The average Bonchev–Trinajstić information content (AvgIpc) is 2.46. The zero-order chi connectivity index (χ0) is 17.1. The van der Waals surface area contributed by atoms with Gasteiger partial charge in [0.1, 0.15) is 5.82 Å². The normalized spacial score (nSPS) is 12.6.